The van der Waals surface area contributed by atoms with Gasteiger partial charge in [0.2, 0.25) is 5.91 Å². The Kier molecular flexibility index (Phi) is 7.50. The molecule has 0 radical (unpaired) electrons. The van der Waals surface area contributed by atoms with Gasteiger partial charge in [0.15, 0.2) is 0 Å². The van der Waals surface area contributed by atoms with E-state index in [4.69, 9.17) is 4.74 Å². The minimum Gasteiger partial charge on any atom is -0.494 e. The van der Waals surface area contributed by atoms with Gasteiger partial charge in [-0.25, -0.2) is 0 Å². The first kappa shape index (κ1) is 18.5. The number of carbonyl (C=O) groups is 2. The van der Waals surface area contributed by atoms with E-state index in [0.29, 0.717) is 17.9 Å². The highest BCUT2D eigenvalue weighted by Crippen LogP contribution is 2.13. The molecule has 0 bridgehead atoms. The Morgan fingerprint density at radius 3 is 2.36 bits per heavy atom. The van der Waals surface area contributed by atoms with Crippen molar-refractivity contribution >= 4 is 17.5 Å². The molecule has 2 aromatic rings. The molecule has 0 heterocycles. The van der Waals surface area contributed by atoms with Crippen LogP contribution in [0.1, 0.15) is 36.5 Å². The van der Waals surface area contributed by atoms with Crippen molar-refractivity contribution in [3.8, 4) is 5.75 Å². The molecule has 0 saturated heterocycles. The van der Waals surface area contributed by atoms with Crippen LogP contribution in [0.4, 0.5) is 5.69 Å². The zero-order valence-electron chi connectivity index (χ0n) is 14.5. The van der Waals surface area contributed by atoms with Gasteiger partial charge in [-0.3, -0.25) is 9.59 Å². The third-order valence-electron chi connectivity index (χ3n) is 3.60. The summed E-state index contributed by atoms with van der Waals surface area (Å²) in [7, 11) is 0. The lowest BCUT2D eigenvalue weighted by molar-refractivity contribution is -0.115. The van der Waals surface area contributed by atoms with Crippen LogP contribution in [0.2, 0.25) is 0 Å². The van der Waals surface area contributed by atoms with E-state index in [1.807, 2.05) is 18.2 Å². The highest BCUT2D eigenvalue weighted by Gasteiger charge is 2.08. The van der Waals surface area contributed by atoms with Crippen molar-refractivity contribution < 1.29 is 14.3 Å². The van der Waals surface area contributed by atoms with E-state index in [0.717, 1.165) is 25.0 Å². The van der Waals surface area contributed by atoms with Gasteiger partial charge in [-0.2, -0.15) is 0 Å². The van der Waals surface area contributed by atoms with Gasteiger partial charge in [-0.15, -0.1) is 0 Å². The summed E-state index contributed by atoms with van der Waals surface area (Å²) < 4.78 is 5.61. The van der Waals surface area contributed by atoms with Crippen LogP contribution >= 0.6 is 0 Å². The van der Waals surface area contributed by atoms with Crippen molar-refractivity contribution in [2.45, 2.75) is 26.2 Å². The molecule has 0 unspecified atom stereocenters. The van der Waals surface area contributed by atoms with E-state index in [1.165, 1.54) is 0 Å². The number of hydrogen-bond acceptors (Lipinski definition) is 3. The summed E-state index contributed by atoms with van der Waals surface area (Å²) in [6.45, 7) is 2.75. The van der Waals surface area contributed by atoms with Gasteiger partial charge in [-0.05, 0) is 42.8 Å². The van der Waals surface area contributed by atoms with Crippen molar-refractivity contribution in [2.75, 3.05) is 18.5 Å². The molecule has 0 aliphatic heterocycles. The number of rotatable bonds is 9. The maximum absolute atomic E-state index is 12.1. The fourth-order valence-electron chi connectivity index (χ4n) is 2.23. The average Bonchev–Trinajstić information content (AvgIpc) is 2.64. The first-order valence-electron chi connectivity index (χ1n) is 8.55. The summed E-state index contributed by atoms with van der Waals surface area (Å²) in [5, 5.41) is 5.32. The lowest BCUT2D eigenvalue weighted by atomic mass is 10.2. The molecular formula is C20H24N2O3. The molecule has 2 N–H and O–H groups in total. The van der Waals surface area contributed by atoms with Gasteiger partial charge < -0.3 is 15.4 Å². The molecule has 2 rings (SSSR count). The molecule has 0 fully saturated rings. The van der Waals surface area contributed by atoms with Gasteiger partial charge in [0, 0.05) is 11.3 Å². The van der Waals surface area contributed by atoms with Gasteiger partial charge in [0.1, 0.15) is 5.75 Å². The van der Waals surface area contributed by atoms with Crippen molar-refractivity contribution in [1.29, 1.82) is 0 Å². The molecule has 132 valence electrons. The largest absolute Gasteiger partial charge is 0.494 e. The lowest BCUT2D eigenvalue weighted by Crippen LogP contribution is -2.32. The van der Waals surface area contributed by atoms with Crippen LogP contribution in [0, 0.1) is 0 Å². The highest BCUT2D eigenvalue weighted by atomic mass is 16.5. The van der Waals surface area contributed by atoms with Crippen molar-refractivity contribution in [3.05, 3.63) is 60.2 Å². The Bertz CT molecular complexity index is 669. The number of unbranched alkanes of at least 4 members (excludes halogenated alkanes) is 2. The van der Waals surface area contributed by atoms with Crippen LogP contribution in [0.5, 0.6) is 5.75 Å². The van der Waals surface area contributed by atoms with Crippen LogP contribution in [-0.4, -0.2) is 25.0 Å². The maximum atomic E-state index is 12.1. The van der Waals surface area contributed by atoms with Crippen LogP contribution < -0.4 is 15.4 Å². The summed E-state index contributed by atoms with van der Waals surface area (Å²) in [5.74, 6) is 0.186. The zero-order valence-corrected chi connectivity index (χ0v) is 14.5. The number of ether oxygens (including phenoxy) is 1. The molecule has 0 atom stereocenters. The van der Waals surface area contributed by atoms with Gasteiger partial charge in [0.25, 0.3) is 5.91 Å². The predicted molar refractivity (Wildman–Crippen MR) is 98.9 cm³/mol. The van der Waals surface area contributed by atoms with Crippen LogP contribution in [0.15, 0.2) is 54.6 Å². The zero-order chi connectivity index (χ0) is 17.9. The predicted octanol–water partition coefficient (Wildman–Crippen LogP) is 3.62. The van der Waals surface area contributed by atoms with Crippen molar-refractivity contribution in [3.63, 3.8) is 0 Å². The summed E-state index contributed by atoms with van der Waals surface area (Å²) in [4.78, 5) is 23.9. The molecule has 2 amide bonds. The maximum Gasteiger partial charge on any atom is 0.251 e. The number of carbonyl (C=O) groups excluding carboxylic acids is 2. The number of para-hydroxylation sites is 1. The van der Waals surface area contributed by atoms with E-state index in [9.17, 15) is 9.59 Å². The number of amides is 2. The van der Waals surface area contributed by atoms with Gasteiger partial charge in [0.05, 0.1) is 13.2 Å². The summed E-state index contributed by atoms with van der Waals surface area (Å²) in [6.07, 6.45) is 3.32. The number of benzene rings is 2. The van der Waals surface area contributed by atoms with Gasteiger partial charge >= 0.3 is 0 Å². The van der Waals surface area contributed by atoms with E-state index in [-0.39, 0.29) is 18.4 Å². The smallest absolute Gasteiger partial charge is 0.251 e. The molecule has 5 heteroatoms. The molecule has 5 nitrogen and oxygen atoms in total. The van der Waals surface area contributed by atoms with E-state index in [1.54, 1.807) is 36.4 Å². The quantitative estimate of drug-likeness (QED) is 0.685. The Balaban J connectivity index is 1.75. The molecule has 0 saturated carbocycles. The summed E-state index contributed by atoms with van der Waals surface area (Å²) in [5.41, 5.74) is 1.19. The average molecular weight is 340 g/mol. The fourth-order valence-corrected chi connectivity index (χ4v) is 2.23. The van der Waals surface area contributed by atoms with Crippen molar-refractivity contribution in [2.24, 2.45) is 0 Å². The monoisotopic (exact) mass is 340 g/mol. The Labute approximate surface area is 148 Å². The molecule has 25 heavy (non-hydrogen) atoms. The molecule has 0 aromatic heterocycles. The van der Waals surface area contributed by atoms with E-state index in [2.05, 4.69) is 17.6 Å². The Morgan fingerprint density at radius 2 is 1.68 bits per heavy atom. The normalized spacial score (nSPS) is 10.1. The number of hydrogen-bond donors (Lipinski definition) is 2. The Morgan fingerprint density at radius 1 is 0.960 bits per heavy atom. The number of anilines is 1. The first-order chi connectivity index (χ1) is 12.2. The Hall–Kier alpha value is -2.82. The molecule has 0 aliphatic rings. The lowest BCUT2D eigenvalue weighted by Gasteiger charge is -2.08. The summed E-state index contributed by atoms with van der Waals surface area (Å²) >= 11 is 0. The second-order valence-corrected chi connectivity index (χ2v) is 5.68. The minimum atomic E-state index is -0.291. The standard InChI is InChI=1S/C20H24N2O3/c1-2-3-7-14-25-18-12-10-16(11-13-18)20(24)21-15-19(23)22-17-8-5-4-6-9-17/h4-6,8-13H,2-3,7,14-15H2,1H3,(H,21,24)(H,22,23). The minimum absolute atomic E-state index is 0.0804. The van der Waals surface area contributed by atoms with Crippen LogP contribution in [0.3, 0.4) is 0 Å². The van der Waals surface area contributed by atoms with Crippen molar-refractivity contribution in [1.82, 2.24) is 5.32 Å². The SMILES string of the molecule is CCCCCOc1ccc(C(=O)NCC(=O)Nc2ccccc2)cc1. The second kappa shape index (κ2) is 10.1. The first-order valence-corrected chi connectivity index (χ1v) is 8.55. The fraction of sp³-hybridized carbons (Fsp3) is 0.300. The third-order valence-corrected chi connectivity index (χ3v) is 3.60. The molecule has 0 aliphatic carbocycles. The highest BCUT2D eigenvalue weighted by molar-refractivity contribution is 5.99. The molecule has 0 spiro atoms. The second-order valence-electron chi connectivity index (χ2n) is 5.68. The van der Waals surface area contributed by atoms with Crippen LogP contribution in [0.25, 0.3) is 0 Å². The van der Waals surface area contributed by atoms with Gasteiger partial charge in [-0.1, -0.05) is 38.0 Å². The third kappa shape index (κ3) is 6.67. The van der Waals surface area contributed by atoms with Crippen LogP contribution in [-0.2, 0) is 4.79 Å². The summed E-state index contributed by atoms with van der Waals surface area (Å²) in [6, 6.07) is 16.0. The topological polar surface area (TPSA) is 67.4 Å². The molecular weight excluding hydrogens is 316 g/mol. The number of nitrogens with one attached hydrogen (secondary N) is 2. The van der Waals surface area contributed by atoms with E-state index >= 15 is 0 Å². The molecule has 2 aromatic carbocycles. The van der Waals surface area contributed by atoms with E-state index < -0.39 is 0 Å².